The van der Waals surface area contributed by atoms with Gasteiger partial charge >= 0.3 is 0 Å². The smallest absolute Gasteiger partial charge is 0.239 e. The molecule has 2 aliphatic rings. The Morgan fingerprint density at radius 1 is 1.26 bits per heavy atom. The van der Waals surface area contributed by atoms with E-state index in [1.165, 1.54) is 0 Å². The van der Waals surface area contributed by atoms with Crippen molar-refractivity contribution in [3.8, 4) is 0 Å². The molecule has 1 aromatic rings. The molecule has 0 radical (unpaired) electrons. The van der Waals surface area contributed by atoms with Crippen LogP contribution in [0.1, 0.15) is 32.6 Å². The van der Waals surface area contributed by atoms with Gasteiger partial charge in [0.2, 0.25) is 11.8 Å². The Morgan fingerprint density at radius 2 is 2.03 bits per heavy atom. The zero-order valence-electron chi connectivity index (χ0n) is 19.0. The summed E-state index contributed by atoms with van der Waals surface area (Å²) in [6.07, 6.45) is 3.37. The van der Waals surface area contributed by atoms with Crippen LogP contribution in [-0.4, -0.2) is 86.5 Å². The molecule has 0 aromatic heterocycles. The minimum Gasteiger partial charge on any atom is -0.357 e. The van der Waals surface area contributed by atoms with Crippen LogP contribution in [0.25, 0.3) is 0 Å². The van der Waals surface area contributed by atoms with E-state index in [0.717, 1.165) is 50.5 Å². The van der Waals surface area contributed by atoms with E-state index in [2.05, 4.69) is 15.5 Å². The monoisotopic (exact) mass is 428 g/mol. The van der Waals surface area contributed by atoms with Gasteiger partial charge < -0.3 is 20.4 Å². The first kappa shape index (κ1) is 23.1. The predicted molar refractivity (Wildman–Crippen MR) is 124 cm³/mol. The molecule has 2 N–H and O–H groups in total. The second kappa shape index (κ2) is 11.1. The molecule has 0 bridgehead atoms. The summed E-state index contributed by atoms with van der Waals surface area (Å²) >= 11 is 0. The normalized spacial score (nSPS) is 22.1. The molecule has 0 spiro atoms. The van der Waals surface area contributed by atoms with Crippen molar-refractivity contribution in [2.45, 2.75) is 44.7 Å². The fourth-order valence-electron chi connectivity index (χ4n) is 4.31. The van der Waals surface area contributed by atoms with E-state index >= 15 is 0 Å². The Morgan fingerprint density at radius 3 is 2.74 bits per heavy atom. The summed E-state index contributed by atoms with van der Waals surface area (Å²) in [5.41, 5.74) is 0.936. The molecule has 8 heteroatoms. The molecule has 2 aliphatic heterocycles. The molecule has 0 aliphatic carbocycles. The second-order valence-electron chi connectivity index (χ2n) is 8.43. The first-order chi connectivity index (χ1) is 15.0. The van der Waals surface area contributed by atoms with E-state index in [1.807, 2.05) is 56.3 Å². The number of likely N-dealkylation sites (N-methyl/N-ethyl adjacent to an activating group) is 1. The van der Waals surface area contributed by atoms with E-state index in [1.54, 1.807) is 4.90 Å². The van der Waals surface area contributed by atoms with Crippen molar-refractivity contribution in [1.29, 1.82) is 0 Å². The maximum absolute atomic E-state index is 12.5. The van der Waals surface area contributed by atoms with Gasteiger partial charge in [-0.25, -0.2) is 0 Å². The van der Waals surface area contributed by atoms with Crippen LogP contribution in [0.3, 0.4) is 0 Å². The standard InChI is InChI=1S/C23H36N6O2/c1-4-24-23(25-13-9-15-28-14-8-12-20(28)22(31)27(2)3)26-18-16-21(30)29(17-18)19-10-6-5-7-11-19/h5-7,10-11,18,20H,4,8-9,12-17H2,1-3H3,(H2,24,25,26). The van der Waals surface area contributed by atoms with Gasteiger partial charge in [0.15, 0.2) is 5.96 Å². The third kappa shape index (κ3) is 6.19. The van der Waals surface area contributed by atoms with Crippen molar-refractivity contribution in [3.05, 3.63) is 30.3 Å². The van der Waals surface area contributed by atoms with E-state index < -0.39 is 0 Å². The van der Waals surface area contributed by atoms with Gasteiger partial charge in [-0.1, -0.05) is 18.2 Å². The SMILES string of the molecule is CCNC(=NCCCN1CCCC1C(=O)N(C)C)NC1CC(=O)N(c2ccccc2)C1. The van der Waals surface area contributed by atoms with Gasteiger partial charge in [-0.15, -0.1) is 0 Å². The fourth-order valence-corrected chi connectivity index (χ4v) is 4.31. The van der Waals surface area contributed by atoms with Gasteiger partial charge in [-0.3, -0.25) is 19.5 Å². The highest BCUT2D eigenvalue weighted by atomic mass is 16.2. The number of aliphatic imine (C=N–C) groups is 1. The molecule has 2 atom stereocenters. The lowest BCUT2D eigenvalue weighted by Gasteiger charge is -2.25. The minimum atomic E-state index is 0.0128. The molecule has 2 unspecified atom stereocenters. The Kier molecular flexibility index (Phi) is 8.28. The molecule has 2 amide bonds. The van der Waals surface area contributed by atoms with Crippen molar-refractivity contribution in [2.24, 2.45) is 4.99 Å². The van der Waals surface area contributed by atoms with Crippen molar-refractivity contribution >= 4 is 23.5 Å². The van der Waals surface area contributed by atoms with Gasteiger partial charge in [0.25, 0.3) is 0 Å². The van der Waals surface area contributed by atoms with Crippen LogP contribution in [0.15, 0.2) is 35.3 Å². The summed E-state index contributed by atoms with van der Waals surface area (Å²) in [6, 6.07) is 9.83. The molecule has 31 heavy (non-hydrogen) atoms. The van der Waals surface area contributed by atoms with Crippen LogP contribution in [0.4, 0.5) is 5.69 Å². The molecular formula is C23H36N6O2. The number of benzene rings is 1. The number of nitrogens with one attached hydrogen (secondary N) is 2. The number of carbonyl (C=O) groups is 2. The highest BCUT2D eigenvalue weighted by Gasteiger charge is 2.32. The number of hydrogen-bond acceptors (Lipinski definition) is 4. The highest BCUT2D eigenvalue weighted by Crippen LogP contribution is 2.21. The maximum Gasteiger partial charge on any atom is 0.239 e. The second-order valence-corrected chi connectivity index (χ2v) is 8.43. The molecule has 1 aromatic carbocycles. The largest absolute Gasteiger partial charge is 0.357 e. The number of likely N-dealkylation sites (tertiary alicyclic amines) is 1. The zero-order chi connectivity index (χ0) is 22.2. The van der Waals surface area contributed by atoms with Crippen LogP contribution in [0.5, 0.6) is 0 Å². The molecule has 8 nitrogen and oxygen atoms in total. The molecule has 0 saturated carbocycles. The van der Waals surface area contributed by atoms with Crippen LogP contribution in [-0.2, 0) is 9.59 Å². The highest BCUT2D eigenvalue weighted by molar-refractivity contribution is 5.97. The lowest BCUT2D eigenvalue weighted by atomic mass is 10.2. The number of hydrogen-bond donors (Lipinski definition) is 2. The van der Waals surface area contributed by atoms with Crippen molar-refractivity contribution < 1.29 is 9.59 Å². The maximum atomic E-state index is 12.5. The Labute approximate surface area is 185 Å². The number of nitrogens with zero attached hydrogens (tertiary/aromatic N) is 4. The van der Waals surface area contributed by atoms with E-state index in [0.29, 0.717) is 19.5 Å². The van der Waals surface area contributed by atoms with E-state index in [-0.39, 0.29) is 23.9 Å². The summed E-state index contributed by atoms with van der Waals surface area (Å²) in [5.74, 6) is 1.08. The number of anilines is 1. The summed E-state index contributed by atoms with van der Waals surface area (Å²) in [5, 5.41) is 6.70. The average molecular weight is 429 g/mol. The topological polar surface area (TPSA) is 80.3 Å². The number of para-hydroxylation sites is 1. The number of amides is 2. The van der Waals surface area contributed by atoms with Crippen LogP contribution in [0, 0.1) is 0 Å². The van der Waals surface area contributed by atoms with Gasteiger partial charge in [0, 0.05) is 52.4 Å². The third-order valence-electron chi connectivity index (χ3n) is 5.84. The summed E-state index contributed by atoms with van der Waals surface area (Å²) in [7, 11) is 3.65. The molecule has 170 valence electrons. The van der Waals surface area contributed by atoms with E-state index in [9.17, 15) is 9.59 Å². The van der Waals surface area contributed by atoms with Crippen molar-refractivity contribution in [2.75, 3.05) is 51.7 Å². The summed E-state index contributed by atoms with van der Waals surface area (Å²) in [6.45, 7) is 5.96. The lowest BCUT2D eigenvalue weighted by Crippen LogP contribution is -2.45. The van der Waals surface area contributed by atoms with Gasteiger partial charge in [-0.2, -0.15) is 0 Å². The van der Waals surface area contributed by atoms with Crippen LogP contribution < -0.4 is 15.5 Å². The minimum absolute atomic E-state index is 0.0128. The Hall–Kier alpha value is -2.61. The Bertz CT molecular complexity index is 767. The Balaban J connectivity index is 1.49. The van der Waals surface area contributed by atoms with Crippen LogP contribution >= 0.6 is 0 Å². The van der Waals surface area contributed by atoms with Crippen molar-refractivity contribution in [3.63, 3.8) is 0 Å². The predicted octanol–water partition coefficient (Wildman–Crippen LogP) is 1.29. The fraction of sp³-hybridized carbons (Fsp3) is 0.609. The summed E-state index contributed by atoms with van der Waals surface area (Å²) < 4.78 is 0. The third-order valence-corrected chi connectivity index (χ3v) is 5.84. The zero-order valence-corrected chi connectivity index (χ0v) is 19.0. The first-order valence-corrected chi connectivity index (χ1v) is 11.3. The molecule has 2 saturated heterocycles. The molecule has 2 heterocycles. The average Bonchev–Trinajstić information content (AvgIpc) is 3.37. The van der Waals surface area contributed by atoms with Gasteiger partial charge in [-0.05, 0) is 44.9 Å². The number of carbonyl (C=O) groups excluding carboxylic acids is 2. The van der Waals surface area contributed by atoms with Crippen LogP contribution in [0.2, 0.25) is 0 Å². The number of guanidine groups is 1. The first-order valence-electron chi connectivity index (χ1n) is 11.3. The van der Waals surface area contributed by atoms with Crippen molar-refractivity contribution in [1.82, 2.24) is 20.4 Å². The molecular weight excluding hydrogens is 392 g/mol. The van der Waals surface area contributed by atoms with Gasteiger partial charge in [0.1, 0.15) is 0 Å². The number of rotatable bonds is 8. The quantitative estimate of drug-likeness (QED) is 0.371. The summed E-state index contributed by atoms with van der Waals surface area (Å²) in [4.78, 5) is 35.3. The molecule has 2 fully saturated rings. The molecule has 3 rings (SSSR count). The lowest BCUT2D eigenvalue weighted by molar-refractivity contribution is -0.133. The van der Waals surface area contributed by atoms with Gasteiger partial charge in [0.05, 0.1) is 12.1 Å². The van der Waals surface area contributed by atoms with E-state index in [4.69, 9.17) is 4.99 Å².